The van der Waals surface area contributed by atoms with Gasteiger partial charge in [0.15, 0.2) is 0 Å². The first-order valence-electron chi connectivity index (χ1n) is 4.09. The molecule has 0 spiro atoms. The smallest absolute Gasteiger partial charge is 0.131 e. The summed E-state index contributed by atoms with van der Waals surface area (Å²) in [6, 6.07) is 5.90. The van der Waals surface area contributed by atoms with E-state index >= 15 is 0 Å². The van der Waals surface area contributed by atoms with E-state index in [4.69, 9.17) is 11.5 Å². The topological polar surface area (TPSA) is 64.9 Å². The number of nitrogens with two attached hydrogens (primary N) is 2. The van der Waals surface area contributed by atoms with Crippen molar-refractivity contribution in [3.63, 3.8) is 0 Å². The summed E-state index contributed by atoms with van der Waals surface area (Å²) in [5.74, 6) is 0.535. The summed E-state index contributed by atoms with van der Waals surface area (Å²) in [5, 5.41) is 1.94. The summed E-state index contributed by atoms with van der Waals surface area (Å²) in [6.45, 7) is 2.01. The van der Waals surface area contributed by atoms with Crippen LogP contribution in [0.25, 0.3) is 10.8 Å². The van der Waals surface area contributed by atoms with Crippen molar-refractivity contribution in [1.82, 2.24) is 4.98 Å². The monoisotopic (exact) mass is 173 g/mol. The molecule has 0 radical (unpaired) electrons. The first-order chi connectivity index (χ1) is 6.20. The van der Waals surface area contributed by atoms with Crippen molar-refractivity contribution in [3.05, 3.63) is 30.0 Å². The number of aromatic nitrogens is 1. The molecule has 2 rings (SSSR count). The lowest BCUT2D eigenvalue weighted by molar-refractivity contribution is 1.36. The number of hydrogen-bond donors (Lipinski definition) is 2. The maximum atomic E-state index is 5.81. The molecule has 0 fully saturated rings. The van der Waals surface area contributed by atoms with Gasteiger partial charge in [-0.1, -0.05) is 18.2 Å². The molecule has 0 amide bonds. The predicted octanol–water partition coefficient (Wildman–Crippen LogP) is 1.71. The quantitative estimate of drug-likeness (QED) is 0.637. The Hall–Kier alpha value is -1.77. The molecule has 1 aromatic carbocycles. The van der Waals surface area contributed by atoms with E-state index < -0.39 is 0 Å². The van der Waals surface area contributed by atoms with Crippen LogP contribution in [0.2, 0.25) is 0 Å². The minimum absolute atomic E-state index is 0.535. The first-order valence-corrected chi connectivity index (χ1v) is 4.09. The van der Waals surface area contributed by atoms with Crippen LogP contribution in [0, 0.1) is 6.92 Å². The normalized spacial score (nSPS) is 10.5. The zero-order valence-corrected chi connectivity index (χ0v) is 7.41. The second kappa shape index (κ2) is 2.62. The van der Waals surface area contributed by atoms with E-state index in [0.29, 0.717) is 11.5 Å². The van der Waals surface area contributed by atoms with Crippen LogP contribution in [-0.2, 0) is 0 Å². The molecular weight excluding hydrogens is 162 g/mol. The highest BCUT2D eigenvalue weighted by Gasteiger charge is 2.04. The Kier molecular flexibility index (Phi) is 1.59. The van der Waals surface area contributed by atoms with Gasteiger partial charge in [-0.2, -0.15) is 0 Å². The van der Waals surface area contributed by atoms with Gasteiger partial charge in [0, 0.05) is 10.8 Å². The van der Waals surface area contributed by atoms with Gasteiger partial charge in [0.2, 0.25) is 0 Å². The number of nitrogen functional groups attached to an aromatic ring is 2. The highest BCUT2D eigenvalue weighted by molar-refractivity contribution is 6.00. The molecule has 0 saturated carbocycles. The predicted molar refractivity (Wildman–Crippen MR) is 55.3 cm³/mol. The van der Waals surface area contributed by atoms with Crippen LogP contribution in [0.5, 0.6) is 0 Å². The van der Waals surface area contributed by atoms with E-state index in [1.165, 1.54) is 0 Å². The molecule has 0 unspecified atom stereocenters. The molecule has 0 aliphatic carbocycles. The second-order valence-corrected chi connectivity index (χ2v) is 3.10. The minimum Gasteiger partial charge on any atom is -0.397 e. The fraction of sp³-hybridized carbons (Fsp3) is 0.100. The summed E-state index contributed by atoms with van der Waals surface area (Å²) in [7, 11) is 0. The Morgan fingerprint density at radius 2 is 2.00 bits per heavy atom. The fourth-order valence-electron chi connectivity index (χ4n) is 1.54. The van der Waals surface area contributed by atoms with Gasteiger partial charge in [-0.25, -0.2) is 4.98 Å². The third-order valence-electron chi connectivity index (χ3n) is 2.18. The van der Waals surface area contributed by atoms with E-state index in [2.05, 4.69) is 4.98 Å². The lowest BCUT2D eigenvalue weighted by atomic mass is 10.1. The van der Waals surface area contributed by atoms with Crippen LogP contribution in [0.3, 0.4) is 0 Å². The number of pyridine rings is 1. The molecule has 0 bridgehead atoms. The van der Waals surface area contributed by atoms with Crippen molar-refractivity contribution < 1.29 is 0 Å². The highest BCUT2D eigenvalue weighted by atomic mass is 14.8. The van der Waals surface area contributed by atoms with Crippen LogP contribution >= 0.6 is 0 Å². The Balaban J connectivity index is 3.00. The fourth-order valence-corrected chi connectivity index (χ4v) is 1.54. The Morgan fingerprint density at radius 1 is 1.23 bits per heavy atom. The highest BCUT2D eigenvalue weighted by Crippen LogP contribution is 2.26. The zero-order chi connectivity index (χ0) is 9.42. The molecule has 4 N–H and O–H groups in total. The first kappa shape index (κ1) is 7.86. The lowest BCUT2D eigenvalue weighted by Gasteiger charge is -2.06. The molecule has 1 aromatic heterocycles. The minimum atomic E-state index is 0.535. The Labute approximate surface area is 76.4 Å². The second-order valence-electron chi connectivity index (χ2n) is 3.10. The van der Waals surface area contributed by atoms with Crippen LogP contribution < -0.4 is 11.5 Å². The standard InChI is InChI=1S/C10H11N3/c1-6-3-2-4-7-9(6)8(11)5-13-10(7)12/h2-5H,11H2,1H3,(H2,12,13). The van der Waals surface area contributed by atoms with Gasteiger partial charge in [-0.05, 0) is 12.5 Å². The summed E-state index contributed by atoms with van der Waals surface area (Å²) < 4.78 is 0. The number of fused-ring (bicyclic) bond motifs is 1. The van der Waals surface area contributed by atoms with Crippen molar-refractivity contribution >= 4 is 22.3 Å². The third kappa shape index (κ3) is 1.09. The van der Waals surface area contributed by atoms with Gasteiger partial charge in [0.1, 0.15) is 5.82 Å². The number of anilines is 2. The molecule has 66 valence electrons. The van der Waals surface area contributed by atoms with Crippen molar-refractivity contribution in [2.75, 3.05) is 11.5 Å². The van der Waals surface area contributed by atoms with E-state index in [1.54, 1.807) is 6.20 Å². The van der Waals surface area contributed by atoms with Crippen molar-refractivity contribution in [2.24, 2.45) is 0 Å². The molecule has 0 aliphatic heterocycles. The molecule has 0 aliphatic rings. The molecule has 0 saturated heterocycles. The lowest BCUT2D eigenvalue weighted by Crippen LogP contribution is -1.96. The van der Waals surface area contributed by atoms with Crippen molar-refractivity contribution in [2.45, 2.75) is 6.92 Å². The summed E-state index contributed by atoms with van der Waals surface area (Å²) >= 11 is 0. The molecule has 13 heavy (non-hydrogen) atoms. The molecular formula is C10H11N3. The van der Waals surface area contributed by atoms with Crippen molar-refractivity contribution in [1.29, 1.82) is 0 Å². The van der Waals surface area contributed by atoms with Gasteiger partial charge in [0.05, 0.1) is 11.9 Å². The number of benzene rings is 1. The van der Waals surface area contributed by atoms with Crippen LogP contribution in [0.15, 0.2) is 24.4 Å². The molecule has 1 heterocycles. The third-order valence-corrected chi connectivity index (χ3v) is 2.18. The maximum absolute atomic E-state index is 5.81. The van der Waals surface area contributed by atoms with E-state index in [9.17, 15) is 0 Å². The maximum Gasteiger partial charge on any atom is 0.131 e. The van der Waals surface area contributed by atoms with Gasteiger partial charge in [0.25, 0.3) is 0 Å². The van der Waals surface area contributed by atoms with E-state index in [1.807, 2.05) is 25.1 Å². The van der Waals surface area contributed by atoms with Crippen LogP contribution in [-0.4, -0.2) is 4.98 Å². The van der Waals surface area contributed by atoms with E-state index in [0.717, 1.165) is 16.3 Å². The summed E-state index contributed by atoms with van der Waals surface area (Å²) in [5.41, 5.74) is 13.3. The molecule has 0 atom stereocenters. The van der Waals surface area contributed by atoms with Crippen molar-refractivity contribution in [3.8, 4) is 0 Å². The largest absolute Gasteiger partial charge is 0.397 e. The van der Waals surface area contributed by atoms with Gasteiger partial charge < -0.3 is 11.5 Å². The summed E-state index contributed by atoms with van der Waals surface area (Å²) in [6.07, 6.45) is 1.60. The average Bonchev–Trinajstić information content (AvgIpc) is 2.12. The zero-order valence-electron chi connectivity index (χ0n) is 7.41. The number of nitrogens with zero attached hydrogens (tertiary/aromatic N) is 1. The Morgan fingerprint density at radius 3 is 2.69 bits per heavy atom. The van der Waals surface area contributed by atoms with Crippen LogP contribution in [0.1, 0.15) is 5.56 Å². The number of hydrogen-bond acceptors (Lipinski definition) is 3. The SMILES string of the molecule is Cc1cccc2c(N)ncc(N)c12. The van der Waals surface area contributed by atoms with E-state index in [-0.39, 0.29) is 0 Å². The number of rotatable bonds is 0. The average molecular weight is 173 g/mol. The van der Waals surface area contributed by atoms with Gasteiger partial charge in [-0.3, -0.25) is 0 Å². The van der Waals surface area contributed by atoms with Gasteiger partial charge >= 0.3 is 0 Å². The molecule has 2 aromatic rings. The Bertz CT molecular complexity index is 455. The van der Waals surface area contributed by atoms with Gasteiger partial charge in [-0.15, -0.1) is 0 Å². The molecule has 3 heteroatoms. The number of aryl methyl sites for hydroxylation is 1. The molecule has 3 nitrogen and oxygen atoms in total. The summed E-state index contributed by atoms with van der Waals surface area (Å²) in [4.78, 5) is 4.00. The van der Waals surface area contributed by atoms with Crippen LogP contribution in [0.4, 0.5) is 11.5 Å².